The highest BCUT2D eigenvalue weighted by Gasteiger charge is 2.32. The lowest BCUT2D eigenvalue weighted by Gasteiger charge is -1.69. The molecule has 2 heteroatoms. The predicted octanol–water partition coefficient (Wildman–Crippen LogP) is -0.888. The van der Waals surface area contributed by atoms with Crippen LogP contribution in [0.2, 0.25) is 0 Å². The fraction of sp³-hybridized carbons (Fsp3) is 1.00. The highest BCUT2D eigenvalue weighted by molar-refractivity contribution is 4.84. The summed E-state index contributed by atoms with van der Waals surface area (Å²) >= 11 is 0. The quantitative estimate of drug-likeness (QED) is 0.391. The Bertz CT molecular complexity index is 38.2. The molecule has 0 aromatic heterocycles. The van der Waals surface area contributed by atoms with Gasteiger partial charge in [-0.15, -0.1) is 0 Å². The Morgan fingerprint density at radius 2 is 1.40 bits per heavy atom. The molecule has 0 bridgehead atoms. The van der Waals surface area contributed by atoms with Gasteiger partial charge in [0.15, 0.2) is 0 Å². The van der Waals surface area contributed by atoms with Crippen molar-refractivity contribution < 1.29 is 10.2 Å². The normalized spacial score (nSPS) is 49.2. The van der Waals surface area contributed by atoms with E-state index >= 15 is 0 Å². The van der Waals surface area contributed by atoms with E-state index in [1.54, 1.807) is 0 Å². The zero-order chi connectivity index (χ0) is 3.86. The summed E-state index contributed by atoms with van der Waals surface area (Å²) < 4.78 is 0. The number of rotatable bonds is 0. The highest BCUT2D eigenvalue weighted by atomic mass is 16.3. The number of aliphatic hydroxyl groups is 2. The average molecular weight is 74.1 g/mol. The van der Waals surface area contributed by atoms with E-state index in [9.17, 15) is 0 Å². The van der Waals surface area contributed by atoms with Crippen molar-refractivity contribution in [2.75, 3.05) is 0 Å². The van der Waals surface area contributed by atoms with Crippen molar-refractivity contribution in [1.82, 2.24) is 0 Å². The Labute approximate surface area is 30.1 Å². The molecular formula is C3H6O2. The summed E-state index contributed by atoms with van der Waals surface area (Å²) in [6, 6.07) is 0. The van der Waals surface area contributed by atoms with Gasteiger partial charge in [0.25, 0.3) is 0 Å². The molecule has 1 rings (SSSR count). The SMILES string of the molecule is O[C@@H]1C[C@@H]1O. The average Bonchev–Trinajstić information content (AvgIpc) is 1.79. The Balaban J connectivity index is 2.20. The molecule has 30 valence electrons. The first kappa shape index (κ1) is 3.12. The summed E-state index contributed by atoms with van der Waals surface area (Å²) in [5.41, 5.74) is 0. The predicted molar refractivity (Wildman–Crippen MR) is 16.6 cm³/mol. The second-order valence-electron chi connectivity index (χ2n) is 1.37. The van der Waals surface area contributed by atoms with Crippen molar-refractivity contribution in [3.63, 3.8) is 0 Å². The second-order valence-corrected chi connectivity index (χ2v) is 1.37. The van der Waals surface area contributed by atoms with Gasteiger partial charge in [-0.05, 0) is 0 Å². The molecule has 1 saturated carbocycles. The maximum absolute atomic E-state index is 8.19. The summed E-state index contributed by atoms with van der Waals surface area (Å²) in [4.78, 5) is 0. The van der Waals surface area contributed by atoms with Crippen LogP contribution in [0.15, 0.2) is 0 Å². The van der Waals surface area contributed by atoms with Crippen LogP contribution in [0.25, 0.3) is 0 Å². The summed E-state index contributed by atoms with van der Waals surface area (Å²) in [5.74, 6) is 0. The van der Waals surface area contributed by atoms with Crippen molar-refractivity contribution in [2.24, 2.45) is 0 Å². The van der Waals surface area contributed by atoms with Crippen LogP contribution >= 0.6 is 0 Å². The summed E-state index contributed by atoms with van der Waals surface area (Å²) in [5, 5.41) is 16.4. The molecular weight excluding hydrogens is 68.0 g/mol. The fourth-order valence-corrected chi connectivity index (χ4v) is 0.169. The Morgan fingerprint density at radius 3 is 1.40 bits per heavy atom. The molecule has 0 aromatic carbocycles. The van der Waals surface area contributed by atoms with Crippen molar-refractivity contribution in [3.05, 3.63) is 0 Å². The van der Waals surface area contributed by atoms with Crippen molar-refractivity contribution >= 4 is 0 Å². The zero-order valence-electron chi connectivity index (χ0n) is 2.76. The van der Waals surface area contributed by atoms with Crippen LogP contribution in [0, 0.1) is 0 Å². The highest BCUT2D eigenvalue weighted by Crippen LogP contribution is 2.18. The molecule has 1 aliphatic rings. The smallest absolute Gasteiger partial charge is 0.0825 e. The number of hydrogen-bond donors (Lipinski definition) is 2. The molecule has 2 atom stereocenters. The summed E-state index contributed by atoms with van der Waals surface area (Å²) in [6.45, 7) is 0. The van der Waals surface area contributed by atoms with Gasteiger partial charge in [-0.25, -0.2) is 0 Å². The lowest BCUT2D eigenvalue weighted by molar-refractivity contribution is 0.180. The molecule has 1 aliphatic carbocycles. The van der Waals surface area contributed by atoms with Gasteiger partial charge < -0.3 is 10.2 Å². The molecule has 5 heavy (non-hydrogen) atoms. The Hall–Kier alpha value is -0.0800. The molecule has 0 radical (unpaired) electrons. The minimum absolute atomic E-state index is 0.394. The van der Waals surface area contributed by atoms with Gasteiger partial charge in [-0.2, -0.15) is 0 Å². The fourth-order valence-electron chi connectivity index (χ4n) is 0.169. The maximum Gasteiger partial charge on any atom is 0.0825 e. The molecule has 1 fully saturated rings. The van der Waals surface area contributed by atoms with E-state index < -0.39 is 12.2 Å². The topological polar surface area (TPSA) is 40.5 Å². The van der Waals surface area contributed by atoms with Crippen LogP contribution in [-0.4, -0.2) is 22.4 Å². The molecule has 2 nitrogen and oxygen atoms in total. The second kappa shape index (κ2) is 0.698. The van der Waals surface area contributed by atoms with E-state index in [-0.39, 0.29) is 0 Å². The van der Waals surface area contributed by atoms with Gasteiger partial charge >= 0.3 is 0 Å². The molecule has 0 saturated heterocycles. The van der Waals surface area contributed by atoms with Gasteiger partial charge in [0.1, 0.15) is 0 Å². The summed E-state index contributed by atoms with van der Waals surface area (Å²) in [6.07, 6.45) is -0.204. The number of hydrogen-bond acceptors (Lipinski definition) is 2. The monoisotopic (exact) mass is 74.0 g/mol. The number of aliphatic hydroxyl groups excluding tert-OH is 2. The largest absolute Gasteiger partial charge is 0.390 e. The molecule has 0 spiro atoms. The van der Waals surface area contributed by atoms with E-state index in [0.717, 1.165) is 0 Å². The van der Waals surface area contributed by atoms with Crippen LogP contribution in [0.1, 0.15) is 6.42 Å². The standard InChI is InChI=1S/C3H6O2/c4-2-1-3(2)5/h2-5H,1H2/t2-,3+. The Kier molecular flexibility index (Phi) is 0.436. The van der Waals surface area contributed by atoms with Crippen molar-refractivity contribution in [1.29, 1.82) is 0 Å². The van der Waals surface area contributed by atoms with E-state index in [4.69, 9.17) is 10.2 Å². The van der Waals surface area contributed by atoms with Crippen molar-refractivity contribution in [3.8, 4) is 0 Å². The third kappa shape index (κ3) is 0.412. The van der Waals surface area contributed by atoms with Crippen molar-refractivity contribution in [2.45, 2.75) is 18.6 Å². The first-order valence-corrected chi connectivity index (χ1v) is 1.67. The zero-order valence-corrected chi connectivity index (χ0v) is 2.76. The maximum atomic E-state index is 8.19. The molecule has 0 aromatic rings. The minimum atomic E-state index is -0.394. The van der Waals surface area contributed by atoms with Gasteiger partial charge in [-0.1, -0.05) is 0 Å². The Morgan fingerprint density at radius 1 is 1.20 bits per heavy atom. The molecule has 0 amide bonds. The van der Waals surface area contributed by atoms with E-state index in [1.807, 2.05) is 0 Å². The third-order valence-electron chi connectivity index (χ3n) is 0.724. The first-order valence-electron chi connectivity index (χ1n) is 1.67. The first-order chi connectivity index (χ1) is 2.30. The van der Waals surface area contributed by atoms with Gasteiger partial charge in [0.2, 0.25) is 0 Å². The minimum Gasteiger partial charge on any atom is -0.390 e. The molecule has 2 N–H and O–H groups in total. The van der Waals surface area contributed by atoms with Crippen LogP contribution in [0.3, 0.4) is 0 Å². The van der Waals surface area contributed by atoms with Gasteiger partial charge in [0, 0.05) is 6.42 Å². The van der Waals surface area contributed by atoms with E-state index in [0.29, 0.717) is 6.42 Å². The molecule has 0 unspecified atom stereocenters. The lowest BCUT2D eigenvalue weighted by atomic mass is 10.8. The summed E-state index contributed by atoms with van der Waals surface area (Å²) in [7, 11) is 0. The molecule has 0 heterocycles. The lowest BCUT2D eigenvalue weighted by Crippen LogP contribution is -1.85. The molecule has 0 aliphatic heterocycles. The van der Waals surface area contributed by atoms with Crippen LogP contribution in [-0.2, 0) is 0 Å². The third-order valence-corrected chi connectivity index (χ3v) is 0.724. The van der Waals surface area contributed by atoms with E-state index in [2.05, 4.69) is 0 Å². The van der Waals surface area contributed by atoms with Crippen LogP contribution in [0.4, 0.5) is 0 Å². The van der Waals surface area contributed by atoms with Crippen LogP contribution in [0.5, 0.6) is 0 Å². The van der Waals surface area contributed by atoms with Gasteiger partial charge in [-0.3, -0.25) is 0 Å². The van der Waals surface area contributed by atoms with Gasteiger partial charge in [0.05, 0.1) is 12.2 Å². The van der Waals surface area contributed by atoms with Crippen LogP contribution < -0.4 is 0 Å². The van der Waals surface area contributed by atoms with E-state index in [1.165, 1.54) is 0 Å².